The molecule has 3 nitrogen and oxygen atoms in total. The van der Waals surface area contributed by atoms with Gasteiger partial charge in [-0.05, 0) is 36.8 Å². The molecule has 2 unspecified atom stereocenters. The van der Waals surface area contributed by atoms with Gasteiger partial charge in [0.1, 0.15) is 0 Å². The first-order valence-electron chi connectivity index (χ1n) is 8.91. The third kappa shape index (κ3) is 2.32. The van der Waals surface area contributed by atoms with E-state index in [-0.39, 0.29) is 27.9 Å². The van der Waals surface area contributed by atoms with Gasteiger partial charge in [-0.15, -0.1) is 0 Å². The summed E-state index contributed by atoms with van der Waals surface area (Å²) in [6, 6.07) is 9.96. The van der Waals surface area contributed by atoms with E-state index in [0.29, 0.717) is 12.1 Å². The number of carbonyl (C=O) groups is 2. The number of hydrogen-bond acceptors (Lipinski definition) is 2. The summed E-state index contributed by atoms with van der Waals surface area (Å²) in [5.74, 6) is 0.0920. The van der Waals surface area contributed by atoms with Crippen LogP contribution in [0.2, 0.25) is 0 Å². The van der Waals surface area contributed by atoms with Gasteiger partial charge in [0.2, 0.25) is 5.91 Å². The van der Waals surface area contributed by atoms with Gasteiger partial charge in [-0.1, -0.05) is 57.7 Å². The standard InChI is InChI=1S/C22H27NO2/c1-15(2)19(25)23-14-22-12-11-21(5,20(22,3)4)18(24)17(22)13-16-9-7-6-8-10-16/h6-10,13H,1,11-12,14H2,2-5H3,(H,23,25). The molecule has 25 heavy (non-hydrogen) atoms. The van der Waals surface area contributed by atoms with Crippen molar-refractivity contribution in [3.05, 3.63) is 53.6 Å². The number of fused-ring (bicyclic) bond motifs is 2. The number of nitrogens with one attached hydrogen (secondary N) is 1. The second kappa shape index (κ2) is 5.69. The molecule has 3 rings (SSSR count). The largest absolute Gasteiger partial charge is 0.351 e. The molecule has 0 spiro atoms. The monoisotopic (exact) mass is 337 g/mol. The molecule has 1 aromatic carbocycles. The van der Waals surface area contributed by atoms with E-state index in [1.807, 2.05) is 36.4 Å². The molecule has 2 bridgehead atoms. The quantitative estimate of drug-likeness (QED) is 0.839. The Hall–Kier alpha value is -2.16. The van der Waals surface area contributed by atoms with Crippen molar-refractivity contribution >= 4 is 17.8 Å². The van der Waals surface area contributed by atoms with Crippen LogP contribution in [0.1, 0.15) is 46.1 Å². The lowest BCUT2D eigenvalue weighted by Crippen LogP contribution is -2.44. The van der Waals surface area contributed by atoms with Crippen LogP contribution in [0.4, 0.5) is 0 Å². The van der Waals surface area contributed by atoms with Crippen LogP contribution in [0.5, 0.6) is 0 Å². The molecule has 0 radical (unpaired) electrons. The lowest BCUT2D eigenvalue weighted by atomic mass is 9.64. The van der Waals surface area contributed by atoms with Crippen molar-refractivity contribution in [1.82, 2.24) is 5.32 Å². The zero-order chi connectivity index (χ0) is 18.5. The van der Waals surface area contributed by atoms with E-state index in [4.69, 9.17) is 0 Å². The van der Waals surface area contributed by atoms with E-state index < -0.39 is 0 Å². The lowest BCUT2D eigenvalue weighted by molar-refractivity contribution is -0.125. The van der Waals surface area contributed by atoms with E-state index in [1.165, 1.54) is 0 Å². The minimum atomic E-state index is -0.373. The third-order valence-electron chi connectivity index (χ3n) is 6.94. The highest BCUT2D eigenvalue weighted by atomic mass is 16.1. The summed E-state index contributed by atoms with van der Waals surface area (Å²) in [7, 11) is 0. The number of rotatable bonds is 4. The van der Waals surface area contributed by atoms with Gasteiger partial charge in [0.25, 0.3) is 0 Å². The summed E-state index contributed by atoms with van der Waals surface area (Å²) in [6.07, 6.45) is 3.81. The highest BCUT2D eigenvalue weighted by Crippen LogP contribution is 2.72. The summed E-state index contributed by atoms with van der Waals surface area (Å²) in [5.41, 5.74) is 1.47. The Morgan fingerprint density at radius 1 is 1.20 bits per heavy atom. The van der Waals surface area contributed by atoms with E-state index in [9.17, 15) is 9.59 Å². The fraction of sp³-hybridized carbons (Fsp3) is 0.455. The van der Waals surface area contributed by atoms with E-state index in [2.05, 4.69) is 32.7 Å². The van der Waals surface area contributed by atoms with Crippen LogP contribution in [0.3, 0.4) is 0 Å². The average molecular weight is 337 g/mol. The van der Waals surface area contributed by atoms with Gasteiger partial charge < -0.3 is 5.32 Å². The summed E-state index contributed by atoms with van der Waals surface area (Å²) in [6.45, 7) is 12.3. The third-order valence-corrected chi connectivity index (χ3v) is 6.94. The van der Waals surface area contributed by atoms with Crippen LogP contribution in [-0.4, -0.2) is 18.2 Å². The Labute approximate surface area is 150 Å². The SMILES string of the molecule is C=C(C)C(=O)NCC12CCC(C)(C(=O)C1=Cc1ccccc1)C2(C)C. The molecule has 1 aromatic rings. The van der Waals surface area contributed by atoms with Gasteiger partial charge in [0.05, 0.1) is 0 Å². The van der Waals surface area contributed by atoms with Crippen LogP contribution in [0, 0.1) is 16.2 Å². The van der Waals surface area contributed by atoms with Crippen LogP contribution in [0.15, 0.2) is 48.1 Å². The van der Waals surface area contributed by atoms with Gasteiger partial charge >= 0.3 is 0 Å². The first-order valence-corrected chi connectivity index (χ1v) is 8.91. The fourth-order valence-corrected chi connectivity index (χ4v) is 4.71. The molecular weight excluding hydrogens is 310 g/mol. The average Bonchev–Trinajstić information content (AvgIpc) is 2.84. The van der Waals surface area contributed by atoms with Crippen molar-refractivity contribution in [2.75, 3.05) is 6.54 Å². The van der Waals surface area contributed by atoms with Crippen LogP contribution in [0.25, 0.3) is 6.08 Å². The molecule has 2 atom stereocenters. The second-order valence-corrected chi connectivity index (χ2v) is 8.30. The van der Waals surface area contributed by atoms with Gasteiger partial charge in [-0.2, -0.15) is 0 Å². The predicted molar refractivity (Wildman–Crippen MR) is 101 cm³/mol. The summed E-state index contributed by atoms with van der Waals surface area (Å²) in [5, 5.41) is 3.02. The maximum Gasteiger partial charge on any atom is 0.246 e. The summed E-state index contributed by atoms with van der Waals surface area (Å²) in [4.78, 5) is 25.4. The minimum Gasteiger partial charge on any atom is -0.351 e. The predicted octanol–water partition coefficient (Wildman–Crippen LogP) is 4.16. The number of benzene rings is 1. The first-order chi connectivity index (χ1) is 11.7. The Kier molecular flexibility index (Phi) is 4.02. The zero-order valence-electron chi connectivity index (χ0n) is 15.6. The van der Waals surface area contributed by atoms with Crippen molar-refractivity contribution in [3.63, 3.8) is 0 Å². The van der Waals surface area contributed by atoms with Crippen molar-refractivity contribution in [2.24, 2.45) is 16.2 Å². The smallest absolute Gasteiger partial charge is 0.246 e. The topological polar surface area (TPSA) is 46.2 Å². The molecule has 1 amide bonds. The number of hydrogen-bond donors (Lipinski definition) is 1. The molecule has 132 valence electrons. The molecule has 2 aliphatic carbocycles. The second-order valence-electron chi connectivity index (χ2n) is 8.30. The highest BCUT2D eigenvalue weighted by Gasteiger charge is 2.71. The number of amides is 1. The lowest BCUT2D eigenvalue weighted by Gasteiger charge is -2.40. The molecule has 0 aliphatic heterocycles. The van der Waals surface area contributed by atoms with Crippen LogP contribution in [-0.2, 0) is 9.59 Å². The van der Waals surface area contributed by atoms with Crippen molar-refractivity contribution in [2.45, 2.75) is 40.5 Å². The van der Waals surface area contributed by atoms with Gasteiger partial charge in [-0.3, -0.25) is 9.59 Å². The molecule has 0 heterocycles. The van der Waals surface area contributed by atoms with Crippen LogP contribution < -0.4 is 5.32 Å². The number of ketones is 1. The van der Waals surface area contributed by atoms with Crippen molar-refractivity contribution in [1.29, 1.82) is 0 Å². The van der Waals surface area contributed by atoms with Gasteiger partial charge in [0.15, 0.2) is 5.78 Å². The number of Topliss-reactive ketones (excluding diaryl/α,β-unsaturated/α-hetero) is 1. The van der Waals surface area contributed by atoms with Crippen molar-refractivity contribution in [3.8, 4) is 0 Å². The number of carbonyl (C=O) groups excluding carboxylic acids is 2. The normalized spacial score (nSPS) is 31.4. The Morgan fingerprint density at radius 3 is 2.44 bits per heavy atom. The van der Waals surface area contributed by atoms with E-state index >= 15 is 0 Å². The fourth-order valence-electron chi connectivity index (χ4n) is 4.71. The Bertz CT molecular complexity index is 774. The molecule has 3 heteroatoms. The molecule has 2 fully saturated rings. The summed E-state index contributed by atoms with van der Waals surface area (Å²) < 4.78 is 0. The van der Waals surface area contributed by atoms with Crippen molar-refractivity contribution < 1.29 is 9.59 Å². The molecule has 1 N–H and O–H groups in total. The maximum atomic E-state index is 13.3. The molecule has 2 saturated carbocycles. The molecule has 0 aromatic heterocycles. The van der Waals surface area contributed by atoms with E-state index in [1.54, 1.807) is 6.92 Å². The zero-order valence-corrected chi connectivity index (χ0v) is 15.6. The molecule has 2 aliphatic rings. The Balaban J connectivity index is 2.07. The molecular formula is C22H27NO2. The maximum absolute atomic E-state index is 13.3. The van der Waals surface area contributed by atoms with Crippen LogP contribution >= 0.6 is 0 Å². The molecule has 0 saturated heterocycles. The van der Waals surface area contributed by atoms with Gasteiger partial charge in [0, 0.05) is 28.5 Å². The highest BCUT2D eigenvalue weighted by molar-refractivity contribution is 6.09. The van der Waals surface area contributed by atoms with Gasteiger partial charge in [-0.25, -0.2) is 0 Å². The minimum absolute atomic E-state index is 0.141. The Morgan fingerprint density at radius 2 is 1.84 bits per heavy atom. The summed E-state index contributed by atoms with van der Waals surface area (Å²) >= 11 is 0. The van der Waals surface area contributed by atoms with E-state index in [0.717, 1.165) is 24.0 Å². The first kappa shape index (κ1) is 17.7.